The third-order valence-corrected chi connectivity index (χ3v) is 6.02. The van der Waals surface area contributed by atoms with Crippen molar-refractivity contribution in [1.29, 1.82) is 0 Å². The molecule has 1 fully saturated rings. The summed E-state index contributed by atoms with van der Waals surface area (Å²) < 4.78 is 16.6. The van der Waals surface area contributed by atoms with Crippen molar-refractivity contribution >= 4 is 17.7 Å². The van der Waals surface area contributed by atoms with Crippen LogP contribution < -0.4 is 15.4 Å². The molecule has 6 nitrogen and oxygen atoms in total. The zero-order valence-corrected chi connectivity index (χ0v) is 18.9. The van der Waals surface area contributed by atoms with Gasteiger partial charge < -0.3 is 24.8 Å². The number of guanidine groups is 1. The van der Waals surface area contributed by atoms with Gasteiger partial charge in [0.15, 0.2) is 5.96 Å². The van der Waals surface area contributed by atoms with Crippen molar-refractivity contribution in [3.05, 3.63) is 24.3 Å². The molecule has 1 aliphatic heterocycles. The molecule has 0 radical (unpaired) electrons. The molecule has 2 unspecified atom stereocenters. The van der Waals surface area contributed by atoms with E-state index in [9.17, 15) is 0 Å². The molecule has 1 aliphatic rings. The van der Waals surface area contributed by atoms with Crippen LogP contribution >= 0.6 is 11.8 Å². The number of rotatable bonds is 13. The quantitative estimate of drug-likeness (QED) is 0.219. The highest BCUT2D eigenvalue weighted by atomic mass is 32.2. The second-order valence-electron chi connectivity index (χ2n) is 7.37. The van der Waals surface area contributed by atoms with Crippen LogP contribution in [-0.2, 0) is 9.47 Å². The van der Waals surface area contributed by atoms with Crippen LogP contribution in [0.4, 0.5) is 0 Å². The van der Waals surface area contributed by atoms with Gasteiger partial charge in [-0.2, -0.15) is 0 Å². The summed E-state index contributed by atoms with van der Waals surface area (Å²) in [7, 11) is 1.72. The molecule has 1 saturated heterocycles. The highest BCUT2D eigenvalue weighted by Crippen LogP contribution is 2.30. The fourth-order valence-electron chi connectivity index (χ4n) is 2.96. The molecular formula is C22H37N3O3S. The monoisotopic (exact) mass is 423 g/mol. The Labute approximate surface area is 180 Å². The molecule has 1 heterocycles. The minimum atomic E-state index is 0.470. The van der Waals surface area contributed by atoms with Gasteiger partial charge in [0.2, 0.25) is 0 Å². The lowest BCUT2D eigenvalue weighted by Crippen LogP contribution is -2.38. The van der Waals surface area contributed by atoms with Crippen molar-refractivity contribution in [1.82, 2.24) is 10.6 Å². The Bertz CT molecular complexity index is 594. The van der Waals surface area contributed by atoms with Crippen LogP contribution in [0, 0.1) is 11.8 Å². The maximum Gasteiger partial charge on any atom is 0.191 e. The highest BCUT2D eigenvalue weighted by Gasteiger charge is 2.15. The first kappa shape index (κ1) is 23.8. The summed E-state index contributed by atoms with van der Waals surface area (Å²) in [5, 5.41) is 6.72. The molecule has 164 valence electrons. The van der Waals surface area contributed by atoms with Crippen molar-refractivity contribution < 1.29 is 14.2 Å². The molecule has 0 bridgehead atoms. The topological polar surface area (TPSA) is 64.1 Å². The molecule has 2 atom stereocenters. The first-order valence-corrected chi connectivity index (χ1v) is 11.6. The van der Waals surface area contributed by atoms with E-state index in [-0.39, 0.29) is 0 Å². The van der Waals surface area contributed by atoms with Crippen LogP contribution in [0.2, 0.25) is 0 Å². The molecule has 0 aliphatic carbocycles. The maximum absolute atomic E-state index is 5.76. The van der Waals surface area contributed by atoms with Crippen LogP contribution in [0.1, 0.15) is 26.7 Å². The normalized spacial score (nSPS) is 17.9. The number of para-hydroxylation sites is 1. The van der Waals surface area contributed by atoms with Crippen LogP contribution in [0.25, 0.3) is 0 Å². The van der Waals surface area contributed by atoms with Crippen LogP contribution in [0.15, 0.2) is 34.2 Å². The molecule has 1 aromatic carbocycles. The molecule has 2 rings (SSSR count). The van der Waals surface area contributed by atoms with Gasteiger partial charge in [0.25, 0.3) is 0 Å². The van der Waals surface area contributed by atoms with E-state index in [4.69, 9.17) is 19.2 Å². The average molecular weight is 424 g/mol. The first-order valence-electron chi connectivity index (χ1n) is 10.7. The van der Waals surface area contributed by atoms with E-state index in [1.54, 1.807) is 7.11 Å². The molecule has 0 saturated carbocycles. The summed E-state index contributed by atoms with van der Waals surface area (Å²) in [6.07, 6.45) is 2.10. The van der Waals surface area contributed by atoms with E-state index in [1.165, 1.54) is 4.90 Å². The molecule has 7 heteroatoms. The third kappa shape index (κ3) is 9.74. The van der Waals surface area contributed by atoms with Crippen LogP contribution in [-0.4, -0.2) is 64.9 Å². The number of hydrogen-bond donors (Lipinski definition) is 2. The average Bonchev–Trinajstić information content (AvgIpc) is 3.26. The summed E-state index contributed by atoms with van der Waals surface area (Å²) in [6, 6.07) is 8.15. The summed E-state index contributed by atoms with van der Waals surface area (Å²) in [4.78, 5) is 5.92. The fourth-order valence-corrected chi connectivity index (χ4v) is 4.00. The second kappa shape index (κ2) is 14.5. The van der Waals surface area contributed by atoms with Crippen molar-refractivity contribution in [2.24, 2.45) is 16.8 Å². The minimum Gasteiger partial charge on any atom is -0.496 e. The number of thioether (sulfide) groups is 1. The van der Waals surface area contributed by atoms with Gasteiger partial charge >= 0.3 is 0 Å². The van der Waals surface area contributed by atoms with E-state index in [1.807, 2.05) is 30.0 Å². The summed E-state index contributed by atoms with van der Waals surface area (Å²) in [5.74, 6) is 3.87. The molecule has 29 heavy (non-hydrogen) atoms. The minimum absolute atomic E-state index is 0.470. The van der Waals surface area contributed by atoms with Gasteiger partial charge in [-0.15, -0.1) is 11.8 Å². The van der Waals surface area contributed by atoms with Gasteiger partial charge in [0.1, 0.15) is 5.75 Å². The Morgan fingerprint density at radius 1 is 1.34 bits per heavy atom. The van der Waals surface area contributed by atoms with Gasteiger partial charge in [0.05, 0.1) is 20.3 Å². The van der Waals surface area contributed by atoms with E-state index in [0.717, 1.165) is 76.4 Å². The van der Waals surface area contributed by atoms with Crippen LogP contribution in [0.3, 0.4) is 0 Å². The van der Waals surface area contributed by atoms with E-state index < -0.39 is 0 Å². The van der Waals surface area contributed by atoms with E-state index >= 15 is 0 Å². The number of nitrogens with zero attached hydrogens (tertiary/aromatic N) is 1. The fraction of sp³-hybridized carbons (Fsp3) is 0.682. The largest absolute Gasteiger partial charge is 0.496 e. The summed E-state index contributed by atoms with van der Waals surface area (Å²) in [5.41, 5.74) is 0. The molecule has 2 N–H and O–H groups in total. The van der Waals surface area contributed by atoms with Gasteiger partial charge in [-0.3, -0.25) is 4.99 Å². The van der Waals surface area contributed by atoms with Gasteiger partial charge in [-0.1, -0.05) is 19.1 Å². The Morgan fingerprint density at radius 2 is 2.21 bits per heavy atom. The number of benzene rings is 1. The summed E-state index contributed by atoms with van der Waals surface area (Å²) in [6.45, 7) is 10.1. The zero-order valence-electron chi connectivity index (χ0n) is 18.1. The number of ether oxygens (including phenoxy) is 3. The van der Waals surface area contributed by atoms with Crippen molar-refractivity contribution in [2.45, 2.75) is 31.6 Å². The first-order chi connectivity index (χ1) is 14.2. The Hall–Kier alpha value is -1.44. The molecular weight excluding hydrogens is 386 g/mol. The lowest BCUT2D eigenvalue weighted by molar-refractivity contribution is 0.0888. The summed E-state index contributed by atoms with van der Waals surface area (Å²) >= 11 is 1.82. The van der Waals surface area contributed by atoms with Crippen molar-refractivity contribution in [3.8, 4) is 5.75 Å². The van der Waals surface area contributed by atoms with Gasteiger partial charge in [-0.05, 0) is 37.8 Å². The van der Waals surface area contributed by atoms with Gasteiger partial charge in [0, 0.05) is 49.4 Å². The third-order valence-electron chi connectivity index (χ3n) is 4.63. The Balaban J connectivity index is 1.63. The standard InChI is InChI=1S/C22H37N3O3S/c1-4-23-22(24-11-7-12-27-15-19-10-13-28-16-19)25-14-18(2)17-29-21-9-6-5-8-20(21)26-3/h5-6,8-9,18-19H,4,7,10-17H2,1-3H3,(H2,23,24,25). The molecule has 0 aromatic heterocycles. The SMILES string of the molecule is CCNC(=NCC(C)CSc1ccccc1OC)NCCCOCC1CCOC1. The molecule has 1 aromatic rings. The second-order valence-corrected chi connectivity index (χ2v) is 8.43. The number of nitrogens with one attached hydrogen (secondary N) is 2. The smallest absolute Gasteiger partial charge is 0.191 e. The van der Waals surface area contributed by atoms with Gasteiger partial charge in [-0.25, -0.2) is 0 Å². The van der Waals surface area contributed by atoms with Crippen molar-refractivity contribution in [3.63, 3.8) is 0 Å². The maximum atomic E-state index is 5.76. The predicted molar refractivity (Wildman–Crippen MR) is 121 cm³/mol. The van der Waals surface area contributed by atoms with Crippen molar-refractivity contribution in [2.75, 3.05) is 58.9 Å². The Morgan fingerprint density at radius 3 is 2.97 bits per heavy atom. The number of aliphatic imine (C=N–C) groups is 1. The lowest BCUT2D eigenvalue weighted by atomic mass is 10.1. The van der Waals surface area contributed by atoms with Crippen LogP contribution in [0.5, 0.6) is 5.75 Å². The van der Waals surface area contributed by atoms with E-state index in [2.05, 4.69) is 30.5 Å². The molecule has 0 spiro atoms. The number of hydrogen-bond acceptors (Lipinski definition) is 5. The van der Waals surface area contributed by atoms with E-state index in [0.29, 0.717) is 11.8 Å². The highest BCUT2D eigenvalue weighted by molar-refractivity contribution is 7.99. The lowest BCUT2D eigenvalue weighted by Gasteiger charge is -2.14. The Kier molecular flexibility index (Phi) is 11.9. The zero-order chi connectivity index (χ0) is 20.7. The number of methoxy groups -OCH3 is 1. The predicted octanol–water partition coefficient (Wildman–Crippen LogP) is 3.42. The molecule has 0 amide bonds.